The Hall–Kier alpha value is -2.11. The Kier molecular flexibility index (Phi) is 4.45. The number of carbonyl (C=O) groups excluding carboxylic acids is 1. The maximum Gasteiger partial charge on any atom is 0.292 e. The number of benzene rings is 1. The van der Waals surface area contributed by atoms with Crippen LogP contribution in [0.1, 0.15) is 43.5 Å². The van der Waals surface area contributed by atoms with E-state index in [9.17, 15) is 14.9 Å². The highest BCUT2D eigenvalue weighted by atomic mass is 16.6. The van der Waals surface area contributed by atoms with Crippen LogP contribution in [-0.4, -0.2) is 16.9 Å². The number of nitrogens with two attached hydrogens (primary N) is 1. The molecule has 1 aromatic carbocycles. The van der Waals surface area contributed by atoms with Gasteiger partial charge in [0.15, 0.2) is 0 Å². The molecule has 6 heteroatoms. The number of nitrogens with zero attached hydrogens (tertiary/aromatic N) is 1. The number of hydrogen-bond donors (Lipinski definition) is 2. The molecule has 3 N–H and O–H groups in total. The lowest BCUT2D eigenvalue weighted by atomic mass is 9.78. The largest absolute Gasteiger partial charge is 0.393 e. The zero-order chi connectivity index (χ0) is 15.6. The first-order valence-corrected chi connectivity index (χ1v) is 7.25. The minimum absolute atomic E-state index is 0.0727. The Balaban J connectivity index is 2.17. The van der Waals surface area contributed by atoms with Crippen molar-refractivity contribution in [3.8, 4) is 0 Å². The van der Waals surface area contributed by atoms with Crippen LogP contribution in [0.2, 0.25) is 0 Å². The fraction of sp³-hybridized carbons (Fsp3) is 0.533. The molecule has 6 nitrogen and oxygen atoms in total. The van der Waals surface area contributed by atoms with Crippen molar-refractivity contribution in [2.24, 2.45) is 11.8 Å². The van der Waals surface area contributed by atoms with Crippen LogP contribution < -0.4 is 11.1 Å². The van der Waals surface area contributed by atoms with Gasteiger partial charge in [-0.25, -0.2) is 0 Å². The van der Waals surface area contributed by atoms with Gasteiger partial charge in [-0.15, -0.1) is 0 Å². The predicted octanol–water partition coefficient (Wildman–Crippen LogP) is 2.73. The molecule has 0 aliphatic heterocycles. The van der Waals surface area contributed by atoms with E-state index in [2.05, 4.69) is 19.2 Å². The van der Waals surface area contributed by atoms with Gasteiger partial charge in [0.1, 0.15) is 5.69 Å². The third-order valence-electron chi connectivity index (χ3n) is 4.55. The van der Waals surface area contributed by atoms with E-state index in [1.807, 2.05) is 0 Å². The molecule has 0 heterocycles. The summed E-state index contributed by atoms with van der Waals surface area (Å²) in [5.41, 5.74) is 5.62. The van der Waals surface area contributed by atoms with E-state index in [-0.39, 0.29) is 28.9 Å². The molecular weight excluding hydrogens is 270 g/mol. The van der Waals surface area contributed by atoms with Crippen molar-refractivity contribution in [1.82, 2.24) is 5.32 Å². The number of hydrogen-bond acceptors (Lipinski definition) is 4. The Bertz CT molecular complexity index is 559. The molecule has 0 saturated heterocycles. The van der Waals surface area contributed by atoms with Gasteiger partial charge in [-0.3, -0.25) is 14.9 Å². The highest BCUT2D eigenvalue weighted by molar-refractivity contribution is 6.01. The third-order valence-corrected chi connectivity index (χ3v) is 4.55. The van der Waals surface area contributed by atoms with Crippen LogP contribution in [0.3, 0.4) is 0 Å². The second-order valence-corrected chi connectivity index (χ2v) is 5.84. The zero-order valence-corrected chi connectivity index (χ0v) is 12.3. The van der Waals surface area contributed by atoms with Gasteiger partial charge in [0.2, 0.25) is 0 Å². The summed E-state index contributed by atoms with van der Waals surface area (Å²) in [7, 11) is 0. The molecule has 0 bridgehead atoms. The average molecular weight is 291 g/mol. The fourth-order valence-electron chi connectivity index (χ4n) is 2.94. The normalized spacial score (nSPS) is 25.3. The Labute approximate surface area is 123 Å². The van der Waals surface area contributed by atoms with Gasteiger partial charge in [-0.05, 0) is 24.3 Å². The van der Waals surface area contributed by atoms with Gasteiger partial charge in [0.05, 0.1) is 10.5 Å². The number of nitro benzene ring substituents is 1. The molecule has 0 aromatic heterocycles. The molecule has 21 heavy (non-hydrogen) atoms. The van der Waals surface area contributed by atoms with Crippen LogP contribution in [0.5, 0.6) is 0 Å². The molecule has 1 fully saturated rings. The summed E-state index contributed by atoms with van der Waals surface area (Å²) >= 11 is 0. The van der Waals surface area contributed by atoms with Crippen LogP contribution in [0.25, 0.3) is 0 Å². The highest BCUT2D eigenvalue weighted by Crippen LogP contribution is 2.30. The second-order valence-electron chi connectivity index (χ2n) is 5.84. The van der Waals surface area contributed by atoms with Crippen LogP contribution >= 0.6 is 0 Å². The number of nitrogens with one attached hydrogen (secondary N) is 1. The summed E-state index contributed by atoms with van der Waals surface area (Å²) < 4.78 is 0. The first kappa shape index (κ1) is 15.3. The fourth-order valence-corrected chi connectivity index (χ4v) is 2.94. The van der Waals surface area contributed by atoms with Crippen molar-refractivity contribution < 1.29 is 9.72 Å². The second kappa shape index (κ2) is 6.11. The van der Waals surface area contributed by atoms with E-state index in [1.165, 1.54) is 24.6 Å². The summed E-state index contributed by atoms with van der Waals surface area (Å²) in [5, 5.41) is 13.9. The van der Waals surface area contributed by atoms with E-state index in [4.69, 9.17) is 5.73 Å². The molecule has 1 saturated carbocycles. The van der Waals surface area contributed by atoms with E-state index in [0.717, 1.165) is 12.8 Å². The molecule has 1 aliphatic rings. The summed E-state index contributed by atoms with van der Waals surface area (Å²) in [6.07, 6.45) is 3.19. The van der Waals surface area contributed by atoms with Crippen molar-refractivity contribution in [3.63, 3.8) is 0 Å². The molecule has 3 atom stereocenters. The first-order chi connectivity index (χ1) is 9.91. The van der Waals surface area contributed by atoms with E-state index >= 15 is 0 Å². The number of para-hydroxylation sites is 1. The minimum atomic E-state index is -0.572. The van der Waals surface area contributed by atoms with E-state index < -0.39 is 4.92 Å². The molecule has 1 aromatic rings. The minimum Gasteiger partial charge on any atom is -0.393 e. The number of rotatable bonds is 3. The van der Waals surface area contributed by atoms with Crippen LogP contribution in [0, 0.1) is 22.0 Å². The summed E-state index contributed by atoms with van der Waals surface area (Å²) in [5.74, 6) is 0.622. The molecule has 114 valence electrons. The number of amides is 1. The van der Waals surface area contributed by atoms with E-state index in [1.54, 1.807) is 0 Å². The predicted molar refractivity (Wildman–Crippen MR) is 80.9 cm³/mol. The number of nitrogen functional groups attached to an aromatic ring is 1. The van der Waals surface area contributed by atoms with Crippen LogP contribution in [0.15, 0.2) is 18.2 Å². The summed E-state index contributed by atoms with van der Waals surface area (Å²) in [6, 6.07) is 4.41. The Morgan fingerprint density at radius 1 is 1.38 bits per heavy atom. The van der Waals surface area contributed by atoms with Gasteiger partial charge in [-0.1, -0.05) is 32.8 Å². The zero-order valence-electron chi connectivity index (χ0n) is 12.3. The molecule has 1 amide bonds. The smallest absolute Gasteiger partial charge is 0.292 e. The van der Waals surface area contributed by atoms with Crippen molar-refractivity contribution in [2.75, 3.05) is 5.73 Å². The van der Waals surface area contributed by atoms with E-state index in [0.29, 0.717) is 11.8 Å². The first-order valence-electron chi connectivity index (χ1n) is 7.25. The quantitative estimate of drug-likeness (QED) is 0.508. The van der Waals surface area contributed by atoms with Gasteiger partial charge in [0.25, 0.3) is 11.6 Å². The highest BCUT2D eigenvalue weighted by Gasteiger charge is 2.29. The summed E-state index contributed by atoms with van der Waals surface area (Å²) in [4.78, 5) is 22.7. The molecule has 0 spiro atoms. The van der Waals surface area contributed by atoms with Crippen molar-refractivity contribution in [1.29, 1.82) is 0 Å². The van der Waals surface area contributed by atoms with Gasteiger partial charge < -0.3 is 11.1 Å². The van der Waals surface area contributed by atoms with Crippen LogP contribution in [-0.2, 0) is 0 Å². The van der Waals surface area contributed by atoms with Crippen LogP contribution in [0.4, 0.5) is 11.4 Å². The monoisotopic (exact) mass is 291 g/mol. The number of anilines is 1. The molecule has 2 rings (SSSR count). The number of carbonyl (C=O) groups is 1. The summed E-state index contributed by atoms with van der Waals surface area (Å²) in [6.45, 7) is 4.32. The number of nitro groups is 1. The van der Waals surface area contributed by atoms with Gasteiger partial charge in [-0.2, -0.15) is 0 Å². The van der Waals surface area contributed by atoms with Crippen molar-refractivity contribution in [3.05, 3.63) is 33.9 Å². The SMILES string of the molecule is CC1CCCC(NC(=O)c2cccc([N+](=O)[O-])c2N)C1C. The topological polar surface area (TPSA) is 98.3 Å². The molecule has 3 unspecified atom stereocenters. The average Bonchev–Trinajstić information content (AvgIpc) is 2.43. The maximum atomic E-state index is 12.3. The third kappa shape index (κ3) is 3.15. The lowest BCUT2D eigenvalue weighted by molar-refractivity contribution is -0.383. The Morgan fingerprint density at radius 3 is 2.76 bits per heavy atom. The Morgan fingerprint density at radius 2 is 2.10 bits per heavy atom. The molecule has 0 radical (unpaired) electrons. The maximum absolute atomic E-state index is 12.3. The molecular formula is C15H21N3O3. The van der Waals surface area contributed by atoms with Gasteiger partial charge >= 0.3 is 0 Å². The standard InChI is InChI=1S/C15H21N3O3/c1-9-5-3-7-12(10(9)2)17-15(19)11-6-4-8-13(14(11)16)18(20)21/h4,6,8-10,12H,3,5,7,16H2,1-2H3,(H,17,19). The lowest BCUT2D eigenvalue weighted by Crippen LogP contribution is -2.43. The van der Waals surface area contributed by atoms with Gasteiger partial charge in [0, 0.05) is 12.1 Å². The van der Waals surface area contributed by atoms with Crippen molar-refractivity contribution in [2.45, 2.75) is 39.2 Å². The molecule has 1 aliphatic carbocycles. The van der Waals surface area contributed by atoms with Crippen molar-refractivity contribution >= 4 is 17.3 Å². The lowest BCUT2D eigenvalue weighted by Gasteiger charge is -2.34.